The molecule has 25 heavy (non-hydrogen) atoms. The molecule has 1 fully saturated rings. The molecule has 6 heteroatoms. The van der Waals surface area contributed by atoms with Crippen molar-refractivity contribution in [3.05, 3.63) is 47.8 Å². The number of imidazole rings is 1. The van der Waals surface area contributed by atoms with Gasteiger partial charge in [0.1, 0.15) is 0 Å². The SMILES string of the molecule is CC1CCN(C(=O)CSc2nc(CO)cn2Cc2ccccc2)CC1. The van der Waals surface area contributed by atoms with Crippen molar-refractivity contribution in [3.63, 3.8) is 0 Å². The molecule has 1 aromatic carbocycles. The second kappa shape index (κ2) is 8.54. The van der Waals surface area contributed by atoms with Crippen molar-refractivity contribution in [2.45, 2.75) is 38.1 Å². The van der Waals surface area contributed by atoms with Crippen LogP contribution in [0.25, 0.3) is 0 Å². The van der Waals surface area contributed by atoms with E-state index in [1.807, 2.05) is 33.9 Å². The van der Waals surface area contributed by atoms with Crippen LogP contribution in [0.15, 0.2) is 41.7 Å². The van der Waals surface area contributed by atoms with Crippen molar-refractivity contribution in [1.29, 1.82) is 0 Å². The van der Waals surface area contributed by atoms with Gasteiger partial charge in [-0.15, -0.1) is 0 Å². The lowest BCUT2D eigenvalue weighted by Crippen LogP contribution is -2.38. The number of amides is 1. The standard InChI is InChI=1S/C19H25N3O2S/c1-15-7-9-21(10-8-15)18(24)14-25-19-20-17(13-23)12-22(19)11-16-5-3-2-4-6-16/h2-6,12,15,23H,7-11,13-14H2,1H3. The van der Waals surface area contributed by atoms with E-state index in [2.05, 4.69) is 24.0 Å². The number of hydrogen-bond acceptors (Lipinski definition) is 4. The van der Waals surface area contributed by atoms with Crippen LogP contribution in [0, 0.1) is 5.92 Å². The van der Waals surface area contributed by atoms with E-state index in [1.54, 1.807) is 0 Å². The molecule has 0 unspecified atom stereocenters. The average Bonchev–Trinajstić information content (AvgIpc) is 3.03. The van der Waals surface area contributed by atoms with Gasteiger partial charge in [0.05, 0.1) is 18.1 Å². The molecule has 2 aromatic rings. The molecule has 0 bridgehead atoms. The highest BCUT2D eigenvalue weighted by atomic mass is 32.2. The average molecular weight is 359 g/mol. The molecule has 0 spiro atoms. The first-order valence-electron chi connectivity index (χ1n) is 8.77. The molecule has 1 amide bonds. The van der Waals surface area contributed by atoms with E-state index in [1.165, 1.54) is 17.3 Å². The van der Waals surface area contributed by atoms with Gasteiger partial charge >= 0.3 is 0 Å². The zero-order chi connectivity index (χ0) is 17.6. The second-order valence-electron chi connectivity index (χ2n) is 6.64. The second-order valence-corrected chi connectivity index (χ2v) is 7.58. The Labute approximate surface area is 153 Å². The van der Waals surface area contributed by atoms with Gasteiger partial charge in [-0.05, 0) is 24.3 Å². The van der Waals surface area contributed by atoms with Crippen molar-refractivity contribution < 1.29 is 9.90 Å². The number of carbonyl (C=O) groups excluding carboxylic acids is 1. The molecule has 1 aliphatic heterocycles. The van der Waals surface area contributed by atoms with Crippen molar-refractivity contribution in [2.24, 2.45) is 5.92 Å². The minimum Gasteiger partial charge on any atom is -0.390 e. The van der Waals surface area contributed by atoms with Gasteiger partial charge in [0.2, 0.25) is 5.91 Å². The highest BCUT2D eigenvalue weighted by Gasteiger charge is 2.21. The first-order chi connectivity index (χ1) is 12.2. The maximum atomic E-state index is 12.4. The lowest BCUT2D eigenvalue weighted by atomic mass is 9.99. The summed E-state index contributed by atoms with van der Waals surface area (Å²) in [5.41, 5.74) is 1.81. The Hall–Kier alpha value is -1.79. The van der Waals surface area contributed by atoms with Crippen LogP contribution >= 0.6 is 11.8 Å². The zero-order valence-electron chi connectivity index (χ0n) is 14.6. The Morgan fingerprint density at radius 2 is 2.00 bits per heavy atom. The molecule has 2 heterocycles. The molecule has 0 aliphatic carbocycles. The van der Waals surface area contributed by atoms with Gasteiger partial charge < -0.3 is 14.6 Å². The molecule has 1 aliphatic rings. The minimum absolute atomic E-state index is 0.0900. The summed E-state index contributed by atoms with van der Waals surface area (Å²) in [5.74, 6) is 1.29. The number of aromatic nitrogens is 2. The van der Waals surface area contributed by atoms with E-state index in [0.717, 1.165) is 31.1 Å². The van der Waals surface area contributed by atoms with Crippen LogP contribution in [0.5, 0.6) is 0 Å². The van der Waals surface area contributed by atoms with Gasteiger partial charge in [-0.25, -0.2) is 4.98 Å². The Bertz CT molecular complexity index is 694. The minimum atomic E-state index is -0.0900. The first kappa shape index (κ1) is 18.0. The fourth-order valence-electron chi connectivity index (χ4n) is 3.01. The van der Waals surface area contributed by atoms with Gasteiger partial charge in [0.25, 0.3) is 0 Å². The van der Waals surface area contributed by atoms with E-state index in [0.29, 0.717) is 23.9 Å². The monoisotopic (exact) mass is 359 g/mol. The van der Waals surface area contributed by atoms with Gasteiger partial charge in [0.15, 0.2) is 5.16 Å². The number of benzene rings is 1. The molecular weight excluding hydrogens is 334 g/mol. The summed E-state index contributed by atoms with van der Waals surface area (Å²) < 4.78 is 2.01. The Kier molecular flexibility index (Phi) is 6.15. The predicted molar refractivity (Wildman–Crippen MR) is 99.4 cm³/mol. The fourth-order valence-corrected chi connectivity index (χ4v) is 3.91. The van der Waals surface area contributed by atoms with Crippen LogP contribution < -0.4 is 0 Å². The number of aliphatic hydroxyl groups excluding tert-OH is 1. The maximum absolute atomic E-state index is 12.4. The number of thioether (sulfide) groups is 1. The third-order valence-electron chi connectivity index (χ3n) is 4.61. The summed E-state index contributed by atoms with van der Waals surface area (Å²) in [4.78, 5) is 18.9. The lowest BCUT2D eigenvalue weighted by molar-refractivity contribution is -0.129. The van der Waals surface area contributed by atoms with E-state index >= 15 is 0 Å². The molecule has 0 radical (unpaired) electrons. The van der Waals surface area contributed by atoms with Gasteiger partial charge in [0, 0.05) is 25.8 Å². The number of piperidine rings is 1. The molecule has 134 valence electrons. The van der Waals surface area contributed by atoms with E-state index in [9.17, 15) is 9.90 Å². The zero-order valence-corrected chi connectivity index (χ0v) is 15.4. The largest absolute Gasteiger partial charge is 0.390 e. The molecule has 5 nitrogen and oxygen atoms in total. The number of aliphatic hydroxyl groups is 1. The van der Waals surface area contributed by atoms with Crippen LogP contribution in [0.3, 0.4) is 0 Å². The predicted octanol–water partition coefficient (Wildman–Crippen LogP) is 2.77. The quantitative estimate of drug-likeness (QED) is 0.806. The van der Waals surface area contributed by atoms with E-state index in [4.69, 9.17) is 0 Å². The van der Waals surface area contributed by atoms with Crippen molar-refractivity contribution in [2.75, 3.05) is 18.8 Å². The summed E-state index contributed by atoms with van der Waals surface area (Å²) in [5, 5.41) is 10.2. The van der Waals surface area contributed by atoms with Crippen molar-refractivity contribution in [3.8, 4) is 0 Å². The van der Waals surface area contributed by atoms with Gasteiger partial charge in [-0.3, -0.25) is 4.79 Å². The van der Waals surface area contributed by atoms with Gasteiger partial charge in [-0.2, -0.15) is 0 Å². The maximum Gasteiger partial charge on any atom is 0.233 e. The van der Waals surface area contributed by atoms with Crippen molar-refractivity contribution >= 4 is 17.7 Å². The van der Waals surface area contributed by atoms with Crippen LogP contribution in [-0.2, 0) is 17.9 Å². The Morgan fingerprint density at radius 3 is 2.68 bits per heavy atom. The van der Waals surface area contributed by atoms with Crippen LogP contribution in [-0.4, -0.2) is 44.3 Å². The first-order valence-corrected chi connectivity index (χ1v) is 9.75. The summed E-state index contributed by atoms with van der Waals surface area (Å²) in [6.07, 6.45) is 4.05. The van der Waals surface area contributed by atoms with E-state index in [-0.39, 0.29) is 12.5 Å². The molecule has 1 saturated heterocycles. The number of nitrogens with zero attached hydrogens (tertiary/aromatic N) is 3. The summed E-state index contributed by atoms with van der Waals surface area (Å²) in [6.45, 7) is 4.56. The van der Waals surface area contributed by atoms with Gasteiger partial charge in [-0.1, -0.05) is 49.0 Å². The molecule has 0 saturated carbocycles. The third kappa shape index (κ3) is 4.86. The van der Waals surface area contributed by atoms with Crippen molar-refractivity contribution in [1.82, 2.24) is 14.5 Å². The molecular formula is C19H25N3O2S. The number of likely N-dealkylation sites (tertiary alicyclic amines) is 1. The Balaban J connectivity index is 1.63. The lowest BCUT2D eigenvalue weighted by Gasteiger charge is -2.30. The number of hydrogen-bond donors (Lipinski definition) is 1. The topological polar surface area (TPSA) is 58.4 Å². The summed E-state index contributed by atoms with van der Waals surface area (Å²) in [7, 11) is 0. The smallest absolute Gasteiger partial charge is 0.233 e. The molecule has 1 N–H and O–H groups in total. The van der Waals surface area contributed by atoms with Crippen LogP contribution in [0.2, 0.25) is 0 Å². The number of rotatable bonds is 6. The summed E-state index contributed by atoms with van der Waals surface area (Å²) in [6, 6.07) is 10.1. The Morgan fingerprint density at radius 1 is 1.28 bits per heavy atom. The number of carbonyl (C=O) groups is 1. The highest BCUT2D eigenvalue weighted by molar-refractivity contribution is 7.99. The molecule has 0 atom stereocenters. The highest BCUT2D eigenvalue weighted by Crippen LogP contribution is 2.22. The molecule has 3 rings (SSSR count). The van der Waals surface area contributed by atoms with Crippen LogP contribution in [0.4, 0.5) is 0 Å². The fraction of sp³-hybridized carbons (Fsp3) is 0.474. The molecule has 1 aromatic heterocycles. The summed E-state index contributed by atoms with van der Waals surface area (Å²) >= 11 is 1.45. The third-order valence-corrected chi connectivity index (χ3v) is 5.58. The normalized spacial score (nSPS) is 15.5. The van der Waals surface area contributed by atoms with E-state index < -0.39 is 0 Å². The van der Waals surface area contributed by atoms with Crippen LogP contribution in [0.1, 0.15) is 31.0 Å².